The zero-order valence-corrected chi connectivity index (χ0v) is 15.6. The van der Waals surface area contributed by atoms with Gasteiger partial charge in [-0.2, -0.15) is 0 Å². The highest BCUT2D eigenvalue weighted by atomic mass is 32.2. The van der Waals surface area contributed by atoms with Gasteiger partial charge in [0.05, 0.1) is 5.25 Å². The molecule has 8 heteroatoms. The zero-order valence-electron chi connectivity index (χ0n) is 14.8. The molecule has 4 amide bonds. The molecule has 3 N–H and O–H groups in total. The number of rotatable bonds is 7. The maximum atomic E-state index is 12.5. The molecule has 0 aromatic rings. The summed E-state index contributed by atoms with van der Waals surface area (Å²) in [6, 6.07) is 0. The van der Waals surface area contributed by atoms with Crippen LogP contribution in [0.5, 0.6) is 0 Å². The van der Waals surface area contributed by atoms with Gasteiger partial charge >= 0.3 is 0 Å². The maximum Gasteiger partial charge on any atom is 0.242 e. The molecule has 0 aromatic heterocycles. The number of nitrogens with zero attached hydrogens (tertiary/aromatic N) is 1. The first-order chi connectivity index (χ1) is 11.8. The molecule has 140 valence electrons. The van der Waals surface area contributed by atoms with Gasteiger partial charge in [0.15, 0.2) is 0 Å². The fourth-order valence-electron chi connectivity index (χ4n) is 3.39. The number of hydrogen-bond donors (Lipinski definition) is 2. The Balaban J connectivity index is 1.83. The Bertz CT molecular complexity index is 546. The minimum absolute atomic E-state index is 0.0461. The zero-order chi connectivity index (χ0) is 18.6. The van der Waals surface area contributed by atoms with Crippen molar-refractivity contribution >= 4 is 35.4 Å². The first-order valence-electron chi connectivity index (χ1n) is 8.80. The van der Waals surface area contributed by atoms with Gasteiger partial charge in [-0.05, 0) is 31.6 Å². The van der Waals surface area contributed by atoms with Crippen LogP contribution in [0.15, 0.2) is 0 Å². The molecule has 2 atom stereocenters. The van der Waals surface area contributed by atoms with E-state index in [2.05, 4.69) is 5.32 Å². The van der Waals surface area contributed by atoms with Gasteiger partial charge in [0.1, 0.15) is 0 Å². The number of thioether (sulfide) groups is 1. The van der Waals surface area contributed by atoms with Crippen molar-refractivity contribution in [3.63, 3.8) is 0 Å². The normalized spacial score (nSPS) is 28.1. The van der Waals surface area contributed by atoms with E-state index < -0.39 is 11.2 Å². The van der Waals surface area contributed by atoms with Crippen LogP contribution in [-0.4, -0.2) is 53.1 Å². The standard InChI is InChI=1S/C17H27N3O4S/c1-10(15(18)22)9-25-13-7-14(21)20(17(13)24)8-11-3-5-12(6-4-11)16(23)19-2/h10-13H,3-9H2,1-2H3,(H2,18,22)(H,19,23). The molecule has 0 radical (unpaired) electrons. The summed E-state index contributed by atoms with van der Waals surface area (Å²) in [4.78, 5) is 48.8. The number of likely N-dealkylation sites (tertiary alicyclic amines) is 1. The van der Waals surface area contributed by atoms with Gasteiger partial charge in [0.2, 0.25) is 23.6 Å². The third-order valence-electron chi connectivity index (χ3n) is 5.14. The van der Waals surface area contributed by atoms with Crippen molar-refractivity contribution in [2.45, 2.75) is 44.3 Å². The quantitative estimate of drug-likeness (QED) is 0.636. The Morgan fingerprint density at radius 2 is 1.92 bits per heavy atom. The largest absolute Gasteiger partial charge is 0.369 e. The van der Waals surface area contributed by atoms with E-state index in [9.17, 15) is 19.2 Å². The van der Waals surface area contributed by atoms with Crippen molar-refractivity contribution in [2.24, 2.45) is 23.5 Å². The summed E-state index contributed by atoms with van der Waals surface area (Å²) in [5.41, 5.74) is 5.23. The van der Waals surface area contributed by atoms with Crippen LogP contribution in [0, 0.1) is 17.8 Å². The molecule has 1 saturated heterocycles. The molecular formula is C17H27N3O4S. The van der Waals surface area contributed by atoms with E-state index in [1.54, 1.807) is 14.0 Å². The number of nitrogens with two attached hydrogens (primary N) is 1. The molecule has 2 fully saturated rings. The second-order valence-corrected chi connectivity index (χ2v) is 8.24. The third kappa shape index (κ3) is 4.96. The maximum absolute atomic E-state index is 12.5. The highest BCUT2D eigenvalue weighted by Crippen LogP contribution is 2.32. The van der Waals surface area contributed by atoms with E-state index in [0.29, 0.717) is 12.3 Å². The number of amides is 4. The Morgan fingerprint density at radius 1 is 1.28 bits per heavy atom. The summed E-state index contributed by atoms with van der Waals surface area (Å²) < 4.78 is 0. The number of primary amides is 1. The van der Waals surface area contributed by atoms with E-state index in [0.717, 1.165) is 25.7 Å². The van der Waals surface area contributed by atoms with E-state index >= 15 is 0 Å². The van der Waals surface area contributed by atoms with Gasteiger partial charge in [-0.15, -0.1) is 11.8 Å². The van der Waals surface area contributed by atoms with Crippen LogP contribution in [0.4, 0.5) is 0 Å². The Morgan fingerprint density at radius 3 is 2.48 bits per heavy atom. The third-order valence-corrected chi connectivity index (χ3v) is 6.60. The van der Waals surface area contributed by atoms with Crippen molar-refractivity contribution in [3.8, 4) is 0 Å². The fourth-order valence-corrected chi connectivity index (χ4v) is 4.60. The van der Waals surface area contributed by atoms with Crippen LogP contribution in [-0.2, 0) is 19.2 Å². The molecule has 2 unspecified atom stereocenters. The van der Waals surface area contributed by atoms with Crippen LogP contribution in [0.2, 0.25) is 0 Å². The minimum Gasteiger partial charge on any atom is -0.369 e. The van der Waals surface area contributed by atoms with Crippen molar-refractivity contribution in [2.75, 3.05) is 19.3 Å². The monoisotopic (exact) mass is 369 g/mol. The van der Waals surface area contributed by atoms with Crippen molar-refractivity contribution in [3.05, 3.63) is 0 Å². The molecule has 2 rings (SSSR count). The molecule has 1 aliphatic carbocycles. The molecule has 1 aliphatic heterocycles. The summed E-state index contributed by atoms with van der Waals surface area (Å²) in [6.07, 6.45) is 3.50. The second kappa shape index (κ2) is 8.69. The Kier molecular flexibility index (Phi) is 6.87. The highest BCUT2D eigenvalue weighted by molar-refractivity contribution is 8.00. The van der Waals surface area contributed by atoms with Crippen LogP contribution in [0.3, 0.4) is 0 Å². The predicted molar refractivity (Wildman–Crippen MR) is 95.5 cm³/mol. The average Bonchev–Trinajstić information content (AvgIpc) is 2.87. The molecule has 0 spiro atoms. The summed E-state index contributed by atoms with van der Waals surface area (Å²) in [5, 5.41) is 2.27. The van der Waals surface area contributed by atoms with Gasteiger partial charge in [-0.1, -0.05) is 6.92 Å². The van der Waals surface area contributed by atoms with E-state index in [1.807, 2.05) is 0 Å². The van der Waals surface area contributed by atoms with E-state index in [1.165, 1.54) is 16.7 Å². The SMILES string of the molecule is CNC(=O)C1CCC(CN2C(=O)CC(SCC(C)C(N)=O)C2=O)CC1. The van der Waals surface area contributed by atoms with Gasteiger partial charge in [0, 0.05) is 37.6 Å². The Hall–Kier alpha value is -1.57. The topological polar surface area (TPSA) is 110 Å². The molecule has 2 aliphatic rings. The van der Waals surface area contributed by atoms with Crippen LogP contribution in [0.1, 0.15) is 39.0 Å². The lowest BCUT2D eigenvalue weighted by atomic mass is 9.81. The van der Waals surface area contributed by atoms with Crippen LogP contribution in [0.25, 0.3) is 0 Å². The van der Waals surface area contributed by atoms with Gasteiger partial charge in [-0.3, -0.25) is 24.1 Å². The van der Waals surface area contributed by atoms with Gasteiger partial charge < -0.3 is 11.1 Å². The summed E-state index contributed by atoms with van der Waals surface area (Å²) >= 11 is 1.34. The van der Waals surface area contributed by atoms with Crippen LogP contribution < -0.4 is 11.1 Å². The summed E-state index contributed by atoms with van der Waals surface area (Å²) in [5.74, 6) is -0.165. The number of hydrogen-bond acceptors (Lipinski definition) is 5. The summed E-state index contributed by atoms with van der Waals surface area (Å²) in [7, 11) is 1.65. The fraction of sp³-hybridized carbons (Fsp3) is 0.765. The summed E-state index contributed by atoms with van der Waals surface area (Å²) in [6.45, 7) is 2.17. The molecule has 0 bridgehead atoms. The molecule has 25 heavy (non-hydrogen) atoms. The lowest BCUT2D eigenvalue weighted by Crippen LogP contribution is -2.38. The van der Waals surface area contributed by atoms with Crippen molar-refractivity contribution in [1.82, 2.24) is 10.2 Å². The molecule has 7 nitrogen and oxygen atoms in total. The van der Waals surface area contributed by atoms with E-state index in [-0.39, 0.29) is 41.9 Å². The average molecular weight is 369 g/mol. The molecule has 1 saturated carbocycles. The minimum atomic E-state index is -0.406. The lowest BCUT2D eigenvalue weighted by Gasteiger charge is -2.29. The van der Waals surface area contributed by atoms with Crippen LogP contribution >= 0.6 is 11.8 Å². The Labute approximate surface area is 152 Å². The molecule has 1 heterocycles. The van der Waals surface area contributed by atoms with Gasteiger partial charge in [-0.25, -0.2) is 0 Å². The molecule has 0 aromatic carbocycles. The van der Waals surface area contributed by atoms with Gasteiger partial charge in [0.25, 0.3) is 0 Å². The smallest absolute Gasteiger partial charge is 0.242 e. The van der Waals surface area contributed by atoms with Crippen molar-refractivity contribution in [1.29, 1.82) is 0 Å². The lowest BCUT2D eigenvalue weighted by molar-refractivity contribution is -0.139. The number of carbonyl (C=O) groups excluding carboxylic acids is 4. The number of imide groups is 1. The van der Waals surface area contributed by atoms with Crippen molar-refractivity contribution < 1.29 is 19.2 Å². The number of nitrogens with one attached hydrogen (secondary N) is 1. The first kappa shape index (κ1) is 19.8. The predicted octanol–water partition coefficient (Wildman–Crippen LogP) is 0.521. The molecular weight excluding hydrogens is 342 g/mol. The highest BCUT2D eigenvalue weighted by Gasteiger charge is 2.40. The number of carbonyl (C=O) groups is 4. The second-order valence-electron chi connectivity index (χ2n) is 7.00. The van der Waals surface area contributed by atoms with E-state index in [4.69, 9.17) is 5.73 Å². The first-order valence-corrected chi connectivity index (χ1v) is 9.85.